The number of nitrogens with one attached hydrogen (secondary N) is 1. The molecule has 0 amide bonds. The van der Waals surface area contributed by atoms with Gasteiger partial charge >= 0.3 is 5.97 Å². The highest BCUT2D eigenvalue weighted by Crippen LogP contribution is 2.04. The number of hydrogen-bond acceptors (Lipinski definition) is 4. The normalized spacial score (nSPS) is 15.1. The first kappa shape index (κ1) is 17.4. The number of carboxylic acid groups (broad SMARTS) is 1. The van der Waals surface area contributed by atoms with E-state index in [-0.39, 0.29) is 6.04 Å². The van der Waals surface area contributed by atoms with Gasteiger partial charge in [-0.3, -0.25) is 9.69 Å². The van der Waals surface area contributed by atoms with E-state index >= 15 is 0 Å². The molecule has 0 aromatic carbocycles. The molecule has 5 nitrogen and oxygen atoms in total. The molecule has 0 heterocycles. The Morgan fingerprint density at radius 1 is 1.39 bits per heavy atom. The number of aliphatic carboxylic acids is 1. The van der Waals surface area contributed by atoms with E-state index in [0.29, 0.717) is 19.1 Å². The van der Waals surface area contributed by atoms with Gasteiger partial charge in [-0.05, 0) is 19.9 Å². The standard InChI is InChI=1S/C13H28N2O3/c1-6-15(11(4)9-18-5)8-7-12(13(16)17)14-10(2)3/h10-12,14H,6-9H2,1-5H3,(H,16,17). The number of carboxylic acids is 1. The van der Waals surface area contributed by atoms with Gasteiger partial charge in [0.05, 0.1) is 6.61 Å². The van der Waals surface area contributed by atoms with Crippen molar-refractivity contribution in [2.45, 2.75) is 52.2 Å². The Hall–Kier alpha value is -0.650. The van der Waals surface area contributed by atoms with Crippen LogP contribution in [-0.2, 0) is 9.53 Å². The summed E-state index contributed by atoms with van der Waals surface area (Å²) in [6, 6.07) is 0.0138. The van der Waals surface area contributed by atoms with Crippen molar-refractivity contribution in [3.63, 3.8) is 0 Å². The van der Waals surface area contributed by atoms with Crippen LogP contribution in [0.25, 0.3) is 0 Å². The molecule has 0 aliphatic heterocycles. The van der Waals surface area contributed by atoms with Crippen molar-refractivity contribution in [3.8, 4) is 0 Å². The predicted octanol–water partition coefficient (Wildman–Crippen LogP) is 1.18. The van der Waals surface area contributed by atoms with E-state index in [4.69, 9.17) is 9.84 Å². The molecule has 0 aromatic rings. The second kappa shape index (κ2) is 9.30. The zero-order valence-corrected chi connectivity index (χ0v) is 12.3. The van der Waals surface area contributed by atoms with E-state index in [2.05, 4.69) is 24.1 Å². The zero-order chi connectivity index (χ0) is 14.1. The van der Waals surface area contributed by atoms with Crippen molar-refractivity contribution in [2.24, 2.45) is 0 Å². The topological polar surface area (TPSA) is 61.8 Å². The number of hydrogen-bond donors (Lipinski definition) is 2. The van der Waals surface area contributed by atoms with Gasteiger partial charge < -0.3 is 15.2 Å². The van der Waals surface area contributed by atoms with Gasteiger partial charge in [0.25, 0.3) is 0 Å². The molecule has 0 aliphatic rings. The summed E-state index contributed by atoms with van der Waals surface area (Å²) in [6.07, 6.45) is 0.607. The molecule has 2 N–H and O–H groups in total. The fourth-order valence-corrected chi connectivity index (χ4v) is 2.01. The number of carbonyl (C=O) groups is 1. The Morgan fingerprint density at radius 2 is 2.00 bits per heavy atom. The highest BCUT2D eigenvalue weighted by atomic mass is 16.5. The summed E-state index contributed by atoms with van der Waals surface area (Å²) < 4.78 is 5.13. The second-order valence-electron chi connectivity index (χ2n) is 4.93. The Balaban J connectivity index is 4.25. The molecule has 0 saturated carbocycles. The van der Waals surface area contributed by atoms with E-state index in [1.54, 1.807) is 7.11 Å². The van der Waals surface area contributed by atoms with Crippen LogP contribution in [0.4, 0.5) is 0 Å². The SMILES string of the molecule is CCN(CCC(NC(C)C)C(=O)O)C(C)COC. The third kappa shape index (κ3) is 6.93. The van der Waals surface area contributed by atoms with Gasteiger partial charge in [0.15, 0.2) is 0 Å². The lowest BCUT2D eigenvalue weighted by atomic mass is 10.1. The molecule has 0 fully saturated rings. The van der Waals surface area contributed by atoms with E-state index in [1.165, 1.54) is 0 Å². The predicted molar refractivity (Wildman–Crippen MR) is 72.9 cm³/mol. The monoisotopic (exact) mass is 260 g/mol. The third-order valence-electron chi connectivity index (χ3n) is 2.97. The fraction of sp³-hybridized carbons (Fsp3) is 0.923. The van der Waals surface area contributed by atoms with Crippen LogP contribution in [0.1, 0.15) is 34.1 Å². The molecule has 5 heteroatoms. The summed E-state index contributed by atoms with van der Waals surface area (Å²) in [4.78, 5) is 13.4. The van der Waals surface area contributed by atoms with Crippen molar-refractivity contribution in [2.75, 3.05) is 26.8 Å². The minimum Gasteiger partial charge on any atom is -0.480 e. The number of methoxy groups -OCH3 is 1. The molecule has 0 radical (unpaired) electrons. The summed E-state index contributed by atoms with van der Waals surface area (Å²) >= 11 is 0. The maximum absolute atomic E-state index is 11.1. The molecule has 18 heavy (non-hydrogen) atoms. The van der Waals surface area contributed by atoms with E-state index in [1.807, 2.05) is 13.8 Å². The number of rotatable bonds is 10. The van der Waals surface area contributed by atoms with Crippen LogP contribution in [0.15, 0.2) is 0 Å². The summed E-state index contributed by atoms with van der Waals surface area (Å²) in [5, 5.41) is 12.2. The lowest BCUT2D eigenvalue weighted by Gasteiger charge is -2.28. The first-order valence-electron chi connectivity index (χ1n) is 6.64. The van der Waals surface area contributed by atoms with Gasteiger partial charge in [0.1, 0.15) is 6.04 Å². The Bertz CT molecular complexity index is 234. The van der Waals surface area contributed by atoms with E-state index < -0.39 is 12.0 Å². The van der Waals surface area contributed by atoms with Gasteiger partial charge in [-0.2, -0.15) is 0 Å². The number of ether oxygens (including phenoxy) is 1. The van der Waals surface area contributed by atoms with Crippen LogP contribution < -0.4 is 5.32 Å². The average Bonchev–Trinajstić information content (AvgIpc) is 2.27. The van der Waals surface area contributed by atoms with Crippen LogP contribution in [0.3, 0.4) is 0 Å². The minimum absolute atomic E-state index is 0.178. The van der Waals surface area contributed by atoms with Crippen LogP contribution in [0.2, 0.25) is 0 Å². The molecule has 2 unspecified atom stereocenters. The molecule has 0 saturated heterocycles. The molecular formula is C13H28N2O3. The minimum atomic E-state index is -0.779. The van der Waals surface area contributed by atoms with Crippen molar-refractivity contribution < 1.29 is 14.6 Å². The maximum Gasteiger partial charge on any atom is 0.320 e. The maximum atomic E-state index is 11.1. The average molecular weight is 260 g/mol. The summed E-state index contributed by atoms with van der Waals surface area (Å²) in [7, 11) is 1.69. The van der Waals surface area contributed by atoms with Gasteiger partial charge in [0, 0.05) is 25.7 Å². The van der Waals surface area contributed by atoms with Crippen molar-refractivity contribution in [1.82, 2.24) is 10.2 Å². The Kier molecular flexibility index (Phi) is 8.97. The summed E-state index contributed by atoms with van der Waals surface area (Å²) in [6.45, 7) is 10.4. The van der Waals surface area contributed by atoms with Crippen LogP contribution in [-0.4, -0.2) is 60.9 Å². The fourth-order valence-electron chi connectivity index (χ4n) is 2.01. The van der Waals surface area contributed by atoms with Gasteiger partial charge in [-0.15, -0.1) is 0 Å². The second-order valence-corrected chi connectivity index (χ2v) is 4.93. The highest BCUT2D eigenvalue weighted by molar-refractivity contribution is 5.73. The molecular weight excluding hydrogens is 232 g/mol. The van der Waals surface area contributed by atoms with Crippen molar-refractivity contribution in [3.05, 3.63) is 0 Å². The smallest absolute Gasteiger partial charge is 0.320 e. The van der Waals surface area contributed by atoms with Crippen LogP contribution in [0.5, 0.6) is 0 Å². The molecule has 0 rings (SSSR count). The van der Waals surface area contributed by atoms with Crippen LogP contribution in [0, 0.1) is 0 Å². The van der Waals surface area contributed by atoms with E-state index in [0.717, 1.165) is 13.1 Å². The van der Waals surface area contributed by atoms with E-state index in [9.17, 15) is 4.79 Å². The Morgan fingerprint density at radius 3 is 2.39 bits per heavy atom. The lowest BCUT2D eigenvalue weighted by molar-refractivity contribution is -0.140. The van der Waals surface area contributed by atoms with Crippen molar-refractivity contribution >= 4 is 5.97 Å². The lowest BCUT2D eigenvalue weighted by Crippen LogP contribution is -2.45. The quantitative estimate of drug-likeness (QED) is 0.618. The van der Waals surface area contributed by atoms with Gasteiger partial charge in [-0.1, -0.05) is 20.8 Å². The first-order chi connectivity index (χ1) is 8.42. The number of nitrogens with zero attached hydrogens (tertiary/aromatic N) is 1. The first-order valence-corrected chi connectivity index (χ1v) is 6.64. The van der Waals surface area contributed by atoms with Crippen LogP contribution >= 0.6 is 0 Å². The van der Waals surface area contributed by atoms with Gasteiger partial charge in [0.2, 0.25) is 0 Å². The molecule has 108 valence electrons. The van der Waals surface area contributed by atoms with Crippen molar-refractivity contribution in [1.29, 1.82) is 0 Å². The Labute approximate surface area is 110 Å². The molecule has 0 aliphatic carbocycles. The largest absolute Gasteiger partial charge is 0.480 e. The zero-order valence-electron chi connectivity index (χ0n) is 12.3. The number of likely N-dealkylation sites (N-methyl/N-ethyl adjacent to an activating group) is 1. The molecule has 0 spiro atoms. The summed E-state index contributed by atoms with van der Waals surface area (Å²) in [5.41, 5.74) is 0. The molecule has 0 aromatic heterocycles. The van der Waals surface area contributed by atoms with Gasteiger partial charge in [-0.25, -0.2) is 0 Å². The third-order valence-corrected chi connectivity index (χ3v) is 2.97. The highest BCUT2D eigenvalue weighted by Gasteiger charge is 2.20. The molecule has 0 bridgehead atoms. The summed E-state index contributed by atoms with van der Waals surface area (Å²) in [5.74, 6) is -0.779. The molecule has 2 atom stereocenters.